The Morgan fingerprint density at radius 2 is 1.61 bits per heavy atom. The number of rotatable bonds is 19. The zero-order chi connectivity index (χ0) is 26.2. The lowest BCUT2D eigenvalue weighted by atomic mass is 9.84. The first-order valence-electron chi connectivity index (χ1n) is 15.1. The normalized spacial score (nSPS) is 26.4. The lowest BCUT2D eigenvalue weighted by Gasteiger charge is -2.30. The highest BCUT2D eigenvalue weighted by atomic mass is 16.7. The SMILES string of the molecule is CCCCCCCC(=O)CC[C@@H]1[C@@H](CCCCCCC(=O)OC(C)C)[C@@H](O)C[C@H]1OC1CCCCO1. The molecule has 2 fully saturated rings. The molecule has 0 aromatic rings. The minimum Gasteiger partial charge on any atom is -0.463 e. The third kappa shape index (κ3) is 12.5. The van der Waals surface area contributed by atoms with Crippen LogP contribution in [0.4, 0.5) is 0 Å². The molecule has 0 spiro atoms. The second-order valence-electron chi connectivity index (χ2n) is 11.3. The van der Waals surface area contributed by atoms with Gasteiger partial charge in [-0.15, -0.1) is 0 Å². The van der Waals surface area contributed by atoms with E-state index in [1.54, 1.807) is 0 Å². The Kier molecular flexibility index (Phi) is 15.9. The molecule has 2 rings (SSSR count). The molecule has 1 saturated carbocycles. The fourth-order valence-electron chi connectivity index (χ4n) is 5.83. The Balaban J connectivity index is 1.80. The molecule has 1 heterocycles. The molecule has 1 aliphatic carbocycles. The molecule has 5 atom stereocenters. The quantitative estimate of drug-likeness (QED) is 0.150. The van der Waals surface area contributed by atoms with Gasteiger partial charge in [-0.2, -0.15) is 0 Å². The third-order valence-electron chi connectivity index (χ3n) is 7.81. The molecular weight excluding hydrogens is 456 g/mol. The Bertz CT molecular complexity index is 600. The zero-order valence-corrected chi connectivity index (χ0v) is 23.4. The molecule has 0 bridgehead atoms. The Morgan fingerprint density at radius 3 is 2.31 bits per heavy atom. The first-order valence-corrected chi connectivity index (χ1v) is 15.1. The Morgan fingerprint density at radius 1 is 0.889 bits per heavy atom. The van der Waals surface area contributed by atoms with E-state index in [2.05, 4.69) is 6.92 Å². The summed E-state index contributed by atoms with van der Waals surface area (Å²) < 4.78 is 17.4. The van der Waals surface area contributed by atoms with Crippen molar-refractivity contribution in [3.05, 3.63) is 0 Å². The monoisotopic (exact) mass is 510 g/mol. The smallest absolute Gasteiger partial charge is 0.306 e. The van der Waals surface area contributed by atoms with Gasteiger partial charge in [-0.3, -0.25) is 9.59 Å². The molecule has 1 unspecified atom stereocenters. The van der Waals surface area contributed by atoms with Crippen LogP contribution in [0, 0.1) is 11.8 Å². The zero-order valence-electron chi connectivity index (χ0n) is 23.4. The molecule has 1 aliphatic heterocycles. The van der Waals surface area contributed by atoms with E-state index in [1.807, 2.05) is 13.8 Å². The van der Waals surface area contributed by atoms with Crippen molar-refractivity contribution in [2.45, 2.75) is 161 Å². The van der Waals surface area contributed by atoms with Crippen LogP contribution in [0.3, 0.4) is 0 Å². The minimum absolute atomic E-state index is 0.0312. The van der Waals surface area contributed by atoms with E-state index in [1.165, 1.54) is 19.3 Å². The van der Waals surface area contributed by atoms with Gasteiger partial charge in [-0.1, -0.05) is 51.9 Å². The summed E-state index contributed by atoms with van der Waals surface area (Å²) in [5.41, 5.74) is 0. The van der Waals surface area contributed by atoms with Gasteiger partial charge in [-0.25, -0.2) is 0 Å². The van der Waals surface area contributed by atoms with E-state index >= 15 is 0 Å². The number of ketones is 1. The number of ether oxygens (including phenoxy) is 3. The van der Waals surface area contributed by atoms with Crippen molar-refractivity contribution >= 4 is 11.8 Å². The maximum atomic E-state index is 12.6. The lowest BCUT2D eigenvalue weighted by Crippen LogP contribution is -2.31. The standard InChI is InChI=1S/C30H54O6/c1-4-5-6-7-10-15-24(31)19-20-26-25(16-11-8-9-12-17-29(33)35-23(2)3)27(32)22-28(26)36-30-18-13-14-21-34-30/h23,25-28,30,32H,4-22H2,1-3H3/t25-,26-,27+,28-,30?/m1/s1. The summed E-state index contributed by atoms with van der Waals surface area (Å²) in [5.74, 6) is 0.612. The van der Waals surface area contributed by atoms with E-state index < -0.39 is 0 Å². The number of aliphatic hydroxyl groups excluding tert-OH is 1. The van der Waals surface area contributed by atoms with Gasteiger partial charge >= 0.3 is 5.97 Å². The Hall–Kier alpha value is -0.980. The second-order valence-corrected chi connectivity index (χ2v) is 11.3. The van der Waals surface area contributed by atoms with Crippen LogP contribution in [0.25, 0.3) is 0 Å². The summed E-state index contributed by atoms with van der Waals surface area (Å²) >= 11 is 0. The van der Waals surface area contributed by atoms with Gasteiger partial charge in [0.05, 0.1) is 18.3 Å². The van der Waals surface area contributed by atoms with Crippen molar-refractivity contribution in [2.75, 3.05) is 6.61 Å². The molecule has 2 aliphatic rings. The van der Waals surface area contributed by atoms with Crippen molar-refractivity contribution in [3.8, 4) is 0 Å². The number of hydrogen-bond donors (Lipinski definition) is 1. The molecule has 1 saturated heterocycles. The summed E-state index contributed by atoms with van der Waals surface area (Å²) in [7, 11) is 0. The van der Waals surface area contributed by atoms with Gasteiger partial charge in [-0.05, 0) is 70.6 Å². The van der Waals surface area contributed by atoms with E-state index in [-0.39, 0.29) is 42.4 Å². The first kappa shape index (κ1) is 31.2. The fourth-order valence-corrected chi connectivity index (χ4v) is 5.83. The maximum absolute atomic E-state index is 12.6. The van der Waals surface area contributed by atoms with Gasteiger partial charge in [0.25, 0.3) is 0 Å². The molecule has 210 valence electrons. The summed E-state index contributed by atoms with van der Waals surface area (Å²) in [4.78, 5) is 24.3. The summed E-state index contributed by atoms with van der Waals surface area (Å²) in [6.45, 7) is 6.70. The molecule has 0 amide bonds. The van der Waals surface area contributed by atoms with Gasteiger partial charge in [0.15, 0.2) is 6.29 Å². The van der Waals surface area contributed by atoms with Crippen LogP contribution in [0.1, 0.15) is 136 Å². The van der Waals surface area contributed by atoms with Crippen molar-refractivity contribution in [2.24, 2.45) is 11.8 Å². The minimum atomic E-state index is -0.381. The predicted molar refractivity (Wildman–Crippen MR) is 143 cm³/mol. The fraction of sp³-hybridized carbons (Fsp3) is 0.933. The summed E-state index contributed by atoms with van der Waals surface area (Å²) in [6, 6.07) is 0. The molecule has 0 aromatic heterocycles. The average molecular weight is 511 g/mol. The number of carbonyl (C=O) groups excluding carboxylic acids is 2. The molecule has 0 radical (unpaired) electrons. The number of aliphatic hydroxyl groups is 1. The third-order valence-corrected chi connectivity index (χ3v) is 7.81. The van der Waals surface area contributed by atoms with Gasteiger partial charge in [0.2, 0.25) is 0 Å². The maximum Gasteiger partial charge on any atom is 0.306 e. The van der Waals surface area contributed by atoms with Crippen molar-refractivity contribution < 1.29 is 28.9 Å². The first-order chi connectivity index (χ1) is 17.4. The molecule has 36 heavy (non-hydrogen) atoms. The van der Waals surface area contributed by atoms with Crippen LogP contribution in [0.2, 0.25) is 0 Å². The van der Waals surface area contributed by atoms with E-state index in [4.69, 9.17) is 14.2 Å². The predicted octanol–water partition coefficient (Wildman–Crippen LogP) is 6.90. The van der Waals surface area contributed by atoms with Crippen LogP contribution in [0.5, 0.6) is 0 Å². The lowest BCUT2D eigenvalue weighted by molar-refractivity contribution is -0.196. The van der Waals surface area contributed by atoms with Crippen LogP contribution in [0.15, 0.2) is 0 Å². The number of carbonyl (C=O) groups is 2. The topological polar surface area (TPSA) is 82.1 Å². The van der Waals surface area contributed by atoms with Gasteiger partial charge in [0, 0.05) is 32.3 Å². The van der Waals surface area contributed by atoms with Crippen LogP contribution in [-0.2, 0) is 23.8 Å². The number of unbranched alkanes of at least 4 members (excludes halogenated alkanes) is 7. The molecule has 0 aromatic carbocycles. The molecule has 1 N–H and O–H groups in total. The van der Waals surface area contributed by atoms with Crippen molar-refractivity contribution in [1.82, 2.24) is 0 Å². The highest BCUT2D eigenvalue weighted by Gasteiger charge is 2.43. The largest absolute Gasteiger partial charge is 0.463 e. The van der Waals surface area contributed by atoms with Crippen LogP contribution < -0.4 is 0 Å². The van der Waals surface area contributed by atoms with E-state index in [0.29, 0.717) is 31.5 Å². The number of esters is 1. The highest BCUT2D eigenvalue weighted by Crippen LogP contribution is 2.41. The summed E-state index contributed by atoms with van der Waals surface area (Å²) in [6.07, 6.45) is 16.3. The number of hydrogen-bond acceptors (Lipinski definition) is 6. The van der Waals surface area contributed by atoms with Crippen LogP contribution in [-0.4, -0.2) is 48.1 Å². The molecule has 6 heteroatoms. The number of Topliss-reactive ketones (excluding diaryl/α,β-unsaturated/α-hetero) is 1. The highest BCUT2D eigenvalue weighted by molar-refractivity contribution is 5.78. The van der Waals surface area contributed by atoms with E-state index in [0.717, 1.165) is 77.2 Å². The Labute approximate surface area is 220 Å². The van der Waals surface area contributed by atoms with E-state index in [9.17, 15) is 14.7 Å². The average Bonchev–Trinajstić information content (AvgIpc) is 3.13. The molecule has 6 nitrogen and oxygen atoms in total. The molecular formula is C30H54O6. The second kappa shape index (κ2) is 18.3. The van der Waals surface area contributed by atoms with Gasteiger partial charge < -0.3 is 19.3 Å². The van der Waals surface area contributed by atoms with Crippen molar-refractivity contribution in [3.63, 3.8) is 0 Å². The van der Waals surface area contributed by atoms with Crippen LogP contribution >= 0.6 is 0 Å². The van der Waals surface area contributed by atoms with Crippen molar-refractivity contribution in [1.29, 1.82) is 0 Å². The summed E-state index contributed by atoms with van der Waals surface area (Å²) in [5, 5.41) is 10.9. The van der Waals surface area contributed by atoms with Gasteiger partial charge in [0.1, 0.15) is 5.78 Å².